The topological polar surface area (TPSA) is 41.6 Å². The molecule has 2 aliphatic rings. The number of halogens is 6. The van der Waals surface area contributed by atoms with E-state index in [9.17, 15) is 31.1 Å². The van der Waals surface area contributed by atoms with Crippen molar-refractivity contribution < 1.29 is 35.9 Å². The van der Waals surface area contributed by atoms with E-state index in [0.29, 0.717) is 24.5 Å². The molecule has 4 nitrogen and oxygen atoms in total. The molecule has 2 unspecified atom stereocenters. The van der Waals surface area contributed by atoms with Gasteiger partial charge in [-0.05, 0) is 90.1 Å². The number of carbonyl (C=O) groups is 1. The van der Waals surface area contributed by atoms with Crippen LogP contribution < -0.4 is 5.32 Å². The molecule has 224 valence electrons. The molecular weight excluding hydrogens is 546 g/mol. The Morgan fingerprint density at radius 2 is 1.63 bits per heavy atom. The van der Waals surface area contributed by atoms with Gasteiger partial charge in [-0.3, -0.25) is 4.90 Å². The maximum atomic E-state index is 13.5. The van der Waals surface area contributed by atoms with E-state index in [4.69, 9.17) is 4.74 Å². The normalized spacial score (nSPS) is 21.5. The molecule has 2 atom stereocenters. The smallest absolute Gasteiger partial charge is 0.416 e. The quantitative estimate of drug-likeness (QED) is 0.345. The van der Waals surface area contributed by atoms with Crippen LogP contribution in [0.4, 0.5) is 36.8 Å². The highest BCUT2D eigenvalue weighted by Crippen LogP contribution is 2.46. The van der Waals surface area contributed by atoms with Gasteiger partial charge in [0.05, 0.1) is 17.2 Å². The van der Waals surface area contributed by atoms with E-state index in [1.807, 2.05) is 13.1 Å². The van der Waals surface area contributed by atoms with Gasteiger partial charge in [-0.2, -0.15) is 26.3 Å². The molecule has 2 aromatic rings. The number of cyclic esters (lactones) is 1. The van der Waals surface area contributed by atoms with Gasteiger partial charge < -0.3 is 10.1 Å². The van der Waals surface area contributed by atoms with Crippen molar-refractivity contribution in [2.45, 2.75) is 84.3 Å². The minimum Gasteiger partial charge on any atom is -0.439 e. The monoisotopic (exact) mass is 582 g/mol. The number of nitrogens with zero attached hydrogens (tertiary/aromatic N) is 1. The van der Waals surface area contributed by atoms with Crippen molar-refractivity contribution >= 4 is 17.4 Å². The predicted octanol–water partition coefficient (Wildman–Crippen LogP) is 9.43. The van der Waals surface area contributed by atoms with Crippen LogP contribution in [-0.2, 0) is 17.1 Å². The number of hydrogen-bond donors (Lipinski definition) is 1. The minimum absolute atomic E-state index is 0.0524. The molecule has 4 rings (SSSR count). The molecule has 1 saturated heterocycles. The Morgan fingerprint density at radius 1 is 1.02 bits per heavy atom. The third-order valence-electron chi connectivity index (χ3n) is 8.17. The standard InChI is InChI=1S/C31H36F6N2O2/c1-17(2)19-7-8-26(38-6)25(13-19)24-9-10-29(4,5)15-21(24)16-39-18(3)27(41-28(39)40)20-11-22(30(32,33)34)14-23(12-20)31(35,36)37/h7-8,11-14,17-18,27,38H,9-10,15-16H2,1-6H3. The van der Waals surface area contributed by atoms with Crippen LogP contribution in [0.3, 0.4) is 0 Å². The van der Waals surface area contributed by atoms with E-state index in [-0.39, 0.29) is 23.6 Å². The van der Waals surface area contributed by atoms with E-state index in [1.165, 1.54) is 4.90 Å². The second kappa shape index (κ2) is 10.9. The summed E-state index contributed by atoms with van der Waals surface area (Å²) in [6, 6.07) is 6.81. The zero-order chi connectivity index (χ0) is 30.5. The van der Waals surface area contributed by atoms with Gasteiger partial charge in [-0.15, -0.1) is 0 Å². The van der Waals surface area contributed by atoms with E-state index >= 15 is 0 Å². The maximum absolute atomic E-state index is 13.5. The van der Waals surface area contributed by atoms with Crippen LogP contribution in [0.25, 0.3) is 5.57 Å². The van der Waals surface area contributed by atoms with Gasteiger partial charge in [-0.25, -0.2) is 4.79 Å². The van der Waals surface area contributed by atoms with Crippen molar-refractivity contribution in [1.82, 2.24) is 4.90 Å². The zero-order valence-corrected chi connectivity index (χ0v) is 24.1. The van der Waals surface area contributed by atoms with Crippen molar-refractivity contribution in [2.24, 2.45) is 5.41 Å². The average Bonchev–Trinajstić information content (AvgIpc) is 3.15. The van der Waals surface area contributed by atoms with Gasteiger partial charge in [0.15, 0.2) is 0 Å². The van der Waals surface area contributed by atoms with Crippen molar-refractivity contribution in [2.75, 3.05) is 18.9 Å². The van der Waals surface area contributed by atoms with Crippen LogP contribution in [0.5, 0.6) is 0 Å². The summed E-state index contributed by atoms with van der Waals surface area (Å²) in [7, 11) is 1.84. The molecule has 41 heavy (non-hydrogen) atoms. The first-order valence-electron chi connectivity index (χ1n) is 13.7. The lowest BCUT2D eigenvalue weighted by atomic mass is 9.72. The molecule has 1 N–H and O–H groups in total. The second-order valence-corrected chi connectivity index (χ2v) is 12.1. The largest absolute Gasteiger partial charge is 0.439 e. The Morgan fingerprint density at radius 3 is 2.17 bits per heavy atom. The summed E-state index contributed by atoms with van der Waals surface area (Å²) >= 11 is 0. The molecule has 1 heterocycles. The third kappa shape index (κ3) is 6.51. The molecule has 1 aliphatic heterocycles. The van der Waals surface area contributed by atoms with Gasteiger partial charge in [0.25, 0.3) is 0 Å². The van der Waals surface area contributed by atoms with Crippen LogP contribution in [0.1, 0.15) is 93.7 Å². The summed E-state index contributed by atoms with van der Waals surface area (Å²) in [4.78, 5) is 14.5. The van der Waals surface area contributed by atoms with Crippen LogP contribution >= 0.6 is 0 Å². The summed E-state index contributed by atoms with van der Waals surface area (Å²) < 4.78 is 86.5. The van der Waals surface area contributed by atoms with Gasteiger partial charge in [0, 0.05) is 24.8 Å². The number of hydrogen-bond acceptors (Lipinski definition) is 3. The molecule has 0 aromatic heterocycles. The lowest BCUT2D eigenvalue weighted by Gasteiger charge is -2.36. The van der Waals surface area contributed by atoms with Gasteiger partial charge in [0.1, 0.15) is 6.10 Å². The Kier molecular flexibility index (Phi) is 8.19. The number of carbonyl (C=O) groups excluding carboxylic acids is 1. The number of alkyl halides is 6. The first-order chi connectivity index (χ1) is 18.9. The average molecular weight is 583 g/mol. The molecule has 0 spiro atoms. The van der Waals surface area contributed by atoms with Crippen LogP contribution in [0.2, 0.25) is 0 Å². The molecule has 1 fully saturated rings. The molecule has 1 aliphatic carbocycles. The Bertz CT molecular complexity index is 1310. The van der Waals surface area contributed by atoms with Gasteiger partial charge in [-0.1, -0.05) is 33.8 Å². The van der Waals surface area contributed by atoms with Gasteiger partial charge in [0.2, 0.25) is 0 Å². The molecule has 0 saturated carbocycles. The highest BCUT2D eigenvalue weighted by molar-refractivity contribution is 5.80. The number of amides is 1. The van der Waals surface area contributed by atoms with Crippen molar-refractivity contribution in [3.05, 3.63) is 69.8 Å². The number of benzene rings is 2. The molecule has 0 radical (unpaired) electrons. The Labute approximate surface area is 236 Å². The number of anilines is 1. The fraction of sp³-hybridized carbons (Fsp3) is 0.516. The summed E-state index contributed by atoms with van der Waals surface area (Å²) in [5.41, 5.74) is 1.98. The van der Waals surface area contributed by atoms with Gasteiger partial charge >= 0.3 is 18.4 Å². The second-order valence-electron chi connectivity index (χ2n) is 12.1. The Hall–Kier alpha value is -3.17. The van der Waals surface area contributed by atoms with E-state index in [1.54, 1.807) is 6.92 Å². The first kappa shape index (κ1) is 30.8. The van der Waals surface area contributed by atoms with Crippen LogP contribution in [0.15, 0.2) is 42.0 Å². The molecule has 1 amide bonds. The molecule has 10 heteroatoms. The van der Waals surface area contributed by atoms with E-state index < -0.39 is 41.7 Å². The summed E-state index contributed by atoms with van der Waals surface area (Å²) in [6.07, 6.45) is -9.68. The Balaban J connectivity index is 1.74. The van der Waals surface area contributed by atoms with Crippen molar-refractivity contribution in [3.8, 4) is 0 Å². The predicted molar refractivity (Wildman–Crippen MR) is 146 cm³/mol. The van der Waals surface area contributed by atoms with E-state index in [2.05, 4.69) is 45.1 Å². The van der Waals surface area contributed by atoms with Crippen molar-refractivity contribution in [3.63, 3.8) is 0 Å². The first-order valence-corrected chi connectivity index (χ1v) is 13.7. The molecular formula is C31H36F6N2O2. The fourth-order valence-electron chi connectivity index (χ4n) is 5.79. The number of rotatable bonds is 6. The summed E-state index contributed by atoms with van der Waals surface area (Å²) in [6.45, 7) is 10.3. The SMILES string of the molecule is CNc1ccc(C(C)C)cc1C1=C(CN2C(=O)OC(c3cc(C(F)(F)F)cc(C(F)(F)F)c3)C2C)CC(C)(C)CC1. The van der Waals surface area contributed by atoms with E-state index in [0.717, 1.165) is 40.8 Å². The highest BCUT2D eigenvalue weighted by Gasteiger charge is 2.44. The number of allylic oxidation sites excluding steroid dienone is 1. The maximum Gasteiger partial charge on any atom is 0.416 e. The minimum atomic E-state index is -5.00. The lowest BCUT2D eigenvalue weighted by Crippen LogP contribution is -2.35. The molecule has 0 bridgehead atoms. The summed E-state index contributed by atoms with van der Waals surface area (Å²) in [5.74, 6) is 0.298. The van der Waals surface area contributed by atoms with Crippen LogP contribution in [-0.4, -0.2) is 30.6 Å². The molecule has 2 aromatic carbocycles. The fourth-order valence-corrected chi connectivity index (χ4v) is 5.79. The zero-order valence-electron chi connectivity index (χ0n) is 24.1. The lowest BCUT2D eigenvalue weighted by molar-refractivity contribution is -0.143. The third-order valence-corrected chi connectivity index (χ3v) is 8.17. The number of ether oxygens (including phenoxy) is 1. The highest BCUT2D eigenvalue weighted by atomic mass is 19.4. The van der Waals surface area contributed by atoms with Crippen LogP contribution in [0, 0.1) is 5.41 Å². The summed E-state index contributed by atoms with van der Waals surface area (Å²) in [5, 5.41) is 3.25. The van der Waals surface area contributed by atoms with Crippen molar-refractivity contribution in [1.29, 1.82) is 0 Å². The number of nitrogens with one attached hydrogen (secondary N) is 1.